The normalized spacial score (nSPS) is 14.4. The molecule has 2 N–H and O–H groups in total. The Hall–Kier alpha value is -2.87. The molecule has 27 heavy (non-hydrogen) atoms. The number of aryl methyl sites for hydroxylation is 1. The van der Waals surface area contributed by atoms with E-state index < -0.39 is 10.0 Å². The summed E-state index contributed by atoms with van der Waals surface area (Å²) in [5, 5.41) is 2.61. The van der Waals surface area contributed by atoms with Gasteiger partial charge in [-0.15, -0.1) is 0 Å². The van der Waals surface area contributed by atoms with Gasteiger partial charge in [0, 0.05) is 31.4 Å². The number of benzene rings is 2. The molecule has 0 unspecified atom stereocenters. The number of hydrogen-bond acceptors (Lipinski definition) is 5. The van der Waals surface area contributed by atoms with Crippen molar-refractivity contribution in [3.63, 3.8) is 0 Å². The summed E-state index contributed by atoms with van der Waals surface area (Å²) in [6.45, 7) is 4.64. The molecule has 1 aliphatic rings. The highest BCUT2D eigenvalue weighted by atomic mass is 32.2. The molecule has 0 atom stereocenters. The minimum Gasteiger partial charge on any atom is -0.326 e. The lowest BCUT2D eigenvalue weighted by atomic mass is 10.1. The molecule has 0 bridgehead atoms. The van der Waals surface area contributed by atoms with E-state index in [2.05, 4.69) is 15.0 Å². The summed E-state index contributed by atoms with van der Waals surface area (Å²) >= 11 is 0. The Morgan fingerprint density at radius 3 is 2.48 bits per heavy atom. The van der Waals surface area contributed by atoms with Gasteiger partial charge in [-0.25, -0.2) is 13.1 Å². The van der Waals surface area contributed by atoms with Crippen molar-refractivity contribution < 1.29 is 13.2 Å². The maximum Gasteiger partial charge on any atom is 0.264 e. The average Bonchev–Trinajstić information content (AvgIpc) is 2.62. The number of sulfonamides is 1. The quantitative estimate of drug-likeness (QED) is 0.845. The third-order valence-corrected chi connectivity index (χ3v) is 5.52. The van der Waals surface area contributed by atoms with Crippen molar-refractivity contribution in [2.75, 3.05) is 23.3 Å². The standard InChI is InChI=1S/C19H22N4O3S/c1-14-6-3-4-7-18(14)23-13-5-12-20-19(23)22-27(25,26)17-10-8-16(9-11-17)21-15(2)24/h3-4,6-11H,5,12-13H2,1-2H3,(H,20,22)(H,21,24). The monoisotopic (exact) mass is 386 g/mol. The fourth-order valence-corrected chi connectivity index (χ4v) is 3.92. The number of carbonyl (C=O) groups is 1. The molecule has 8 heteroatoms. The SMILES string of the molecule is CC(=O)Nc1ccc(S(=O)(=O)NC2=NCCCN2c2ccccc2C)cc1. The van der Waals surface area contributed by atoms with Crippen molar-refractivity contribution in [2.45, 2.75) is 25.2 Å². The number of nitrogens with one attached hydrogen (secondary N) is 2. The highest BCUT2D eigenvalue weighted by molar-refractivity contribution is 7.90. The molecule has 0 aromatic heterocycles. The number of aliphatic imine (C=N–C) groups is 1. The zero-order valence-corrected chi connectivity index (χ0v) is 16.1. The summed E-state index contributed by atoms with van der Waals surface area (Å²) in [6.07, 6.45) is 0.852. The predicted octanol–water partition coefficient (Wildman–Crippen LogP) is 2.50. The Labute approximate surface area is 159 Å². The third-order valence-electron chi connectivity index (χ3n) is 4.17. The van der Waals surface area contributed by atoms with Crippen LogP contribution in [0, 0.1) is 6.92 Å². The summed E-state index contributed by atoms with van der Waals surface area (Å²) in [7, 11) is -3.79. The van der Waals surface area contributed by atoms with Gasteiger partial charge in [-0.05, 0) is 49.2 Å². The van der Waals surface area contributed by atoms with Crippen LogP contribution < -0.4 is 14.9 Å². The van der Waals surface area contributed by atoms with Gasteiger partial charge in [-0.2, -0.15) is 0 Å². The molecule has 0 saturated carbocycles. The van der Waals surface area contributed by atoms with Gasteiger partial charge in [0.05, 0.1) is 4.90 Å². The number of nitrogens with zero attached hydrogens (tertiary/aromatic N) is 2. The Morgan fingerprint density at radius 2 is 1.81 bits per heavy atom. The van der Waals surface area contributed by atoms with E-state index in [1.54, 1.807) is 12.1 Å². The van der Waals surface area contributed by atoms with Crippen LogP contribution in [0.25, 0.3) is 0 Å². The molecular formula is C19H22N4O3S. The molecule has 0 radical (unpaired) electrons. The summed E-state index contributed by atoms with van der Waals surface area (Å²) in [6, 6.07) is 13.8. The van der Waals surface area contributed by atoms with Crippen molar-refractivity contribution in [1.29, 1.82) is 0 Å². The first-order valence-electron chi connectivity index (χ1n) is 8.65. The van der Waals surface area contributed by atoms with E-state index in [4.69, 9.17) is 0 Å². The Balaban J connectivity index is 1.84. The van der Waals surface area contributed by atoms with Gasteiger partial charge < -0.3 is 10.2 Å². The number of anilines is 2. The van der Waals surface area contributed by atoms with Crippen LogP contribution in [0.5, 0.6) is 0 Å². The lowest BCUT2D eigenvalue weighted by molar-refractivity contribution is -0.114. The highest BCUT2D eigenvalue weighted by Gasteiger charge is 2.24. The van der Waals surface area contributed by atoms with Crippen molar-refractivity contribution in [3.05, 3.63) is 54.1 Å². The molecule has 2 aromatic rings. The van der Waals surface area contributed by atoms with Gasteiger partial charge >= 0.3 is 0 Å². The second kappa shape index (κ2) is 7.79. The van der Waals surface area contributed by atoms with Crippen LogP contribution in [-0.4, -0.2) is 33.4 Å². The minimum atomic E-state index is -3.79. The zero-order chi connectivity index (χ0) is 19.4. The molecule has 142 valence electrons. The second-order valence-electron chi connectivity index (χ2n) is 6.31. The van der Waals surface area contributed by atoms with E-state index in [1.165, 1.54) is 19.1 Å². The smallest absolute Gasteiger partial charge is 0.264 e. The third kappa shape index (κ3) is 4.46. The van der Waals surface area contributed by atoms with Crippen LogP contribution in [-0.2, 0) is 14.8 Å². The van der Waals surface area contributed by atoms with Gasteiger partial charge in [0.25, 0.3) is 10.0 Å². The maximum atomic E-state index is 12.8. The van der Waals surface area contributed by atoms with Gasteiger partial charge in [0.2, 0.25) is 11.9 Å². The van der Waals surface area contributed by atoms with Gasteiger partial charge in [0.15, 0.2) is 0 Å². The number of hydrogen-bond donors (Lipinski definition) is 2. The van der Waals surface area contributed by atoms with E-state index >= 15 is 0 Å². The number of para-hydroxylation sites is 1. The molecule has 0 saturated heterocycles. The number of rotatable bonds is 4. The van der Waals surface area contributed by atoms with E-state index in [0.717, 1.165) is 17.7 Å². The van der Waals surface area contributed by atoms with Crippen LogP contribution in [0.4, 0.5) is 11.4 Å². The van der Waals surface area contributed by atoms with Crippen LogP contribution >= 0.6 is 0 Å². The number of carbonyl (C=O) groups excluding carboxylic acids is 1. The second-order valence-corrected chi connectivity index (χ2v) is 7.99. The average molecular weight is 386 g/mol. The van der Waals surface area contributed by atoms with E-state index in [9.17, 15) is 13.2 Å². The lowest BCUT2D eigenvalue weighted by Gasteiger charge is -2.30. The van der Waals surface area contributed by atoms with E-state index in [-0.39, 0.29) is 10.8 Å². The molecule has 1 heterocycles. The number of guanidine groups is 1. The fourth-order valence-electron chi connectivity index (χ4n) is 2.89. The van der Waals surface area contributed by atoms with Gasteiger partial charge in [-0.3, -0.25) is 9.79 Å². The van der Waals surface area contributed by atoms with Crippen LogP contribution in [0.15, 0.2) is 58.4 Å². The molecule has 1 amide bonds. The Bertz CT molecular complexity index is 969. The van der Waals surface area contributed by atoms with Crippen LogP contribution in [0.2, 0.25) is 0 Å². The molecule has 0 fully saturated rings. The molecule has 0 spiro atoms. The summed E-state index contributed by atoms with van der Waals surface area (Å²) in [4.78, 5) is 17.5. The molecular weight excluding hydrogens is 364 g/mol. The van der Waals surface area contributed by atoms with Crippen molar-refractivity contribution >= 4 is 33.3 Å². The summed E-state index contributed by atoms with van der Waals surface area (Å²) in [5.74, 6) is 0.107. The molecule has 0 aliphatic carbocycles. The predicted molar refractivity (Wildman–Crippen MR) is 107 cm³/mol. The first-order chi connectivity index (χ1) is 12.9. The topological polar surface area (TPSA) is 90.9 Å². The van der Waals surface area contributed by atoms with E-state index in [0.29, 0.717) is 24.7 Å². The van der Waals surface area contributed by atoms with E-state index in [1.807, 2.05) is 36.1 Å². The molecule has 3 rings (SSSR count). The van der Waals surface area contributed by atoms with Crippen LogP contribution in [0.3, 0.4) is 0 Å². The Kier molecular flexibility index (Phi) is 5.46. The van der Waals surface area contributed by atoms with Crippen LogP contribution in [0.1, 0.15) is 18.9 Å². The number of amides is 1. The van der Waals surface area contributed by atoms with Crippen molar-refractivity contribution in [3.8, 4) is 0 Å². The minimum absolute atomic E-state index is 0.106. The first kappa shape index (κ1) is 18.9. The highest BCUT2D eigenvalue weighted by Crippen LogP contribution is 2.22. The lowest BCUT2D eigenvalue weighted by Crippen LogP contribution is -2.47. The van der Waals surface area contributed by atoms with Gasteiger partial charge in [-0.1, -0.05) is 18.2 Å². The van der Waals surface area contributed by atoms with Crippen molar-refractivity contribution in [2.24, 2.45) is 4.99 Å². The largest absolute Gasteiger partial charge is 0.326 e. The first-order valence-corrected chi connectivity index (χ1v) is 10.1. The van der Waals surface area contributed by atoms with Crippen molar-refractivity contribution in [1.82, 2.24) is 4.72 Å². The fraction of sp³-hybridized carbons (Fsp3) is 0.263. The van der Waals surface area contributed by atoms with Gasteiger partial charge in [0.1, 0.15) is 0 Å². The zero-order valence-electron chi connectivity index (χ0n) is 15.3. The Morgan fingerprint density at radius 1 is 1.11 bits per heavy atom. The summed E-state index contributed by atoms with van der Waals surface area (Å²) < 4.78 is 28.2. The molecule has 7 nitrogen and oxygen atoms in total. The summed E-state index contributed by atoms with van der Waals surface area (Å²) in [5.41, 5.74) is 2.52. The molecule has 2 aromatic carbocycles. The molecule has 1 aliphatic heterocycles. The maximum absolute atomic E-state index is 12.8.